The number of nitrogens with two attached hydrogens (primary N) is 1. The van der Waals surface area contributed by atoms with Gasteiger partial charge in [-0.05, 0) is 42.2 Å². The van der Waals surface area contributed by atoms with Crippen molar-refractivity contribution in [2.45, 2.75) is 44.6 Å². The first-order valence-electron chi connectivity index (χ1n) is 10.8. The minimum absolute atomic E-state index is 0.519. The molecule has 0 bridgehead atoms. The molecular weight excluding hydrogens is 370 g/mol. The smallest absolute Gasteiger partial charge is 0.119 e. The molecule has 1 aliphatic rings. The number of rotatable bonds is 5. The summed E-state index contributed by atoms with van der Waals surface area (Å²) in [7, 11) is 0. The molecule has 5 rings (SSSR count). The topological polar surface area (TPSA) is 52.5 Å². The molecule has 4 nitrogen and oxygen atoms in total. The van der Waals surface area contributed by atoms with Crippen molar-refractivity contribution in [1.29, 1.82) is 0 Å². The Balaban J connectivity index is 1.46. The molecule has 0 spiro atoms. The lowest BCUT2D eigenvalue weighted by molar-refractivity contribution is 0.306. The molecule has 0 atom stereocenters. The number of nitrogens with zero attached hydrogens (tertiary/aromatic N) is 2. The molecule has 2 aromatic carbocycles. The predicted octanol–water partition coefficient (Wildman–Crippen LogP) is 6.21. The quantitative estimate of drug-likeness (QED) is 0.435. The molecule has 1 fully saturated rings. The molecule has 30 heavy (non-hydrogen) atoms. The highest BCUT2D eigenvalue weighted by Gasteiger charge is 2.23. The fourth-order valence-corrected chi connectivity index (χ4v) is 4.58. The van der Waals surface area contributed by atoms with Crippen LogP contribution in [0, 0.1) is 0 Å². The van der Waals surface area contributed by atoms with E-state index >= 15 is 0 Å². The maximum Gasteiger partial charge on any atom is 0.119 e. The second-order valence-electron chi connectivity index (χ2n) is 8.16. The number of ether oxygens (including phenoxy) is 1. The average molecular weight is 398 g/mol. The Kier molecular flexibility index (Phi) is 5.14. The summed E-state index contributed by atoms with van der Waals surface area (Å²) in [5.41, 5.74) is 12.8. The Morgan fingerprint density at radius 3 is 2.43 bits per heavy atom. The van der Waals surface area contributed by atoms with Gasteiger partial charge in [0.05, 0.1) is 23.1 Å². The number of pyridine rings is 1. The van der Waals surface area contributed by atoms with Crippen LogP contribution in [-0.4, -0.2) is 9.61 Å². The number of anilines is 1. The van der Waals surface area contributed by atoms with Crippen LogP contribution in [0.5, 0.6) is 5.75 Å². The van der Waals surface area contributed by atoms with Gasteiger partial charge in [0.25, 0.3) is 0 Å². The summed E-state index contributed by atoms with van der Waals surface area (Å²) in [5.74, 6) is 1.40. The van der Waals surface area contributed by atoms with Crippen LogP contribution >= 0.6 is 0 Å². The van der Waals surface area contributed by atoms with Crippen molar-refractivity contribution in [3.05, 3.63) is 84.2 Å². The summed E-state index contributed by atoms with van der Waals surface area (Å²) in [6.07, 6.45) is 8.09. The van der Waals surface area contributed by atoms with Gasteiger partial charge < -0.3 is 10.5 Å². The van der Waals surface area contributed by atoms with Gasteiger partial charge in [-0.3, -0.25) is 0 Å². The normalized spacial score (nSPS) is 14.8. The molecule has 1 aliphatic carbocycles. The van der Waals surface area contributed by atoms with E-state index < -0.39 is 0 Å². The molecule has 152 valence electrons. The highest BCUT2D eigenvalue weighted by Crippen LogP contribution is 2.39. The molecule has 4 aromatic rings. The van der Waals surface area contributed by atoms with Crippen molar-refractivity contribution in [1.82, 2.24) is 9.61 Å². The summed E-state index contributed by atoms with van der Waals surface area (Å²) in [6, 6.07) is 23.0. The van der Waals surface area contributed by atoms with Gasteiger partial charge in [-0.1, -0.05) is 67.8 Å². The van der Waals surface area contributed by atoms with Crippen LogP contribution in [0.2, 0.25) is 0 Å². The fourth-order valence-electron chi connectivity index (χ4n) is 4.58. The second kappa shape index (κ2) is 8.23. The Labute approximate surface area is 177 Å². The predicted molar refractivity (Wildman–Crippen MR) is 122 cm³/mol. The van der Waals surface area contributed by atoms with E-state index in [1.165, 1.54) is 54.5 Å². The van der Waals surface area contributed by atoms with Crippen LogP contribution in [0.3, 0.4) is 0 Å². The van der Waals surface area contributed by atoms with E-state index in [9.17, 15) is 0 Å². The number of hydrogen-bond donors (Lipinski definition) is 1. The minimum atomic E-state index is 0.519. The Hall–Kier alpha value is -3.27. The summed E-state index contributed by atoms with van der Waals surface area (Å²) in [4.78, 5) is 0. The molecule has 2 heterocycles. The van der Waals surface area contributed by atoms with Crippen molar-refractivity contribution < 1.29 is 4.74 Å². The third kappa shape index (κ3) is 3.65. The highest BCUT2D eigenvalue weighted by molar-refractivity contribution is 5.75. The van der Waals surface area contributed by atoms with Crippen molar-refractivity contribution in [3.8, 4) is 16.9 Å². The van der Waals surface area contributed by atoms with Gasteiger partial charge in [0.15, 0.2) is 0 Å². The lowest BCUT2D eigenvalue weighted by Gasteiger charge is -2.25. The van der Waals surface area contributed by atoms with Crippen LogP contribution < -0.4 is 10.5 Å². The molecule has 2 aromatic heterocycles. The van der Waals surface area contributed by atoms with E-state index in [1.807, 2.05) is 18.2 Å². The lowest BCUT2D eigenvalue weighted by atomic mass is 9.83. The molecule has 0 radical (unpaired) electrons. The molecule has 2 N–H and O–H groups in total. The number of hydrogen-bond acceptors (Lipinski definition) is 3. The summed E-state index contributed by atoms with van der Waals surface area (Å²) in [6.45, 7) is 0.575. The van der Waals surface area contributed by atoms with Crippen molar-refractivity contribution in [2.24, 2.45) is 0 Å². The molecule has 0 aliphatic heterocycles. The van der Waals surface area contributed by atoms with Crippen molar-refractivity contribution in [2.75, 3.05) is 5.73 Å². The van der Waals surface area contributed by atoms with E-state index in [1.54, 1.807) is 6.20 Å². The van der Waals surface area contributed by atoms with Gasteiger partial charge in [0.1, 0.15) is 12.4 Å². The van der Waals surface area contributed by atoms with E-state index in [0.29, 0.717) is 12.5 Å². The zero-order valence-electron chi connectivity index (χ0n) is 17.1. The van der Waals surface area contributed by atoms with E-state index in [0.717, 1.165) is 17.0 Å². The third-order valence-corrected chi connectivity index (χ3v) is 6.15. The first-order chi connectivity index (χ1) is 14.8. The van der Waals surface area contributed by atoms with Gasteiger partial charge in [0.2, 0.25) is 0 Å². The van der Waals surface area contributed by atoms with E-state index in [4.69, 9.17) is 10.5 Å². The first kappa shape index (κ1) is 18.7. The van der Waals surface area contributed by atoms with Gasteiger partial charge in [-0.15, -0.1) is 0 Å². The number of fused-ring (bicyclic) bond motifs is 1. The Morgan fingerprint density at radius 1 is 0.900 bits per heavy atom. The third-order valence-electron chi connectivity index (χ3n) is 6.15. The second-order valence-corrected chi connectivity index (χ2v) is 8.16. The maximum atomic E-state index is 6.16. The van der Waals surface area contributed by atoms with Crippen LogP contribution in [0.15, 0.2) is 72.9 Å². The molecule has 0 unspecified atom stereocenters. The zero-order chi connectivity index (χ0) is 20.3. The van der Waals surface area contributed by atoms with Crippen LogP contribution in [0.25, 0.3) is 16.6 Å². The molecular formula is C26H27N3O. The van der Waals surface area contributed by atoms with Crippen LogP contribution in [0.4, 0.5) is 5.69 Å². The SMILES string of the molecule is Nc1cnn2c(C3CCCCC3)c(-c3ccc(OCc4ccccc4)cc3)ccc12. The van der Waals surface area contributed by atoms with E-state index in [-0.39, 0.29) is 0 Å². The van der Waals surface area contributed by atoms with E-state index in [2.05, 4.69) is 58.1 Å². The maximum absolute atomic E-state index is 6.16. The average Bonchev–Trinajstić information content (AvgIpc) is 3.19. The van der Waals surface area contributed by atoms with Crippen molar-refractivity contribution >= 4 is 11.2 Å². The molecule has 1 saturated carbocycles. The summed E-state index contributed by atoms with van der Waals surface area (Å²) >= 11 is 0. The largest absolute Gasteiger partial charge is 0.489 e. The fraction of sp³-hybridized carbons (Fsp3) is 0.269. The van der Waals surface area contributed by atoms with Gasteiger partial charge in [-0.2, -0.15) is 5.10 Å². The van der Waals surface area contributed by atoms with Crippen molar-refractivity contribution in [3.63, 3.8) is 0 Å². The minimum Gasteiger partial charge on any atom is -0.489 e. The Morgan fingerprint density at radius 2 is 1.67 bits per heavy atom. The number of nitrogen functional groups attached to an aromatic ring is 1. The molecule has 0 amide bonds. The summed E-state index contributed by atoms with van der Waals surface area (Å²) < 4.78 is 8.04. The van der Waals surface area contributed by atoms with Gasteiger partial charge >= 0.3 is 0 Å². The Bertz CT molecular complexity index is 1130. The highest BCUT2D eigenvalue weighted by atomic mass is 16.5. The summed E-state index contributed by atoms with van der Waals surface area (Å²) in [5, 5.41) is 4.63. The standard InChI is InChI=1S/C26H27N3O/c27-24-17-28-29-25(24)16-15-23(26(29)21-9-5-2-6-10-21)20-11-13-22(14-12-20)30-18-19-7-3-1-4-8-19/h1,3-4,7-8,11-17,21H,2,5-6,9-10,18,27H2. The van der Waals surface area contributed by atoms with Gasteiger partial charge in [-0.25, -0.2) is 4.52 Å². The zero-order valence-corrected chi connectivity index (χ0v) is 17.1. The molecule has 4 heteroatoms. The van der Waals surface area contributed by atoms with Crippen LogP contribution in [0.1, 0.15) is 49.3 Å². The first-order valence-corrected chi connectivity index (χ1v) is 10.8. The lowest BCUT2D eigenvalue weighted by Crippen LogP contribution is -2.12. The number of benzene rings is 2. The van der Waals surface area contributed by atoms with Gasteiger partial charge in [0, 0.05) is 11.5 Å². The molecule has 0 saturated heterocycles. The monoisotopic (exact) mass is 397 g/mol. The van der Waals surface area contributed by atoms with Crippen LogP contribution in [-0.2, 0) is 6.61 Å². The number of aromatic nitrogens is 2.